The normalized spacial score (nSPS) is 11.1. The topological polar surface area (TPSA) is 43.8 Å². The second-order valence-electron chi connectivity index (χ2n) is 3.74. The second kappa shape index (κ2) is 3.35. The van der Waals surface area contributed by atoms with Crippen LogP contribution in [0.4, 0.5) is 5.13 Å². The molecule has 1 aromatic carbocycles. The summed E-state index contributed by atoms with van der Waals surface area (Å²) in [6, 6.07) is 8.35. The lowest BCUT2D eigenvalue weighted by molar-refractivity contribution is 0.969. The molecule has 0 saturated carbocycles. The van der Waals surface area contributed by atoms with Gasteiger partial charge < -0.3 is 10.3 Å². The third-order valence-electron chi connectivity index (χ3n) is 2.73. The molecule has 0 amide bonds. The summed E-state index contributed by atoms with van der Waals surface area (Å²) in [6.45, 7) is 0. The van der Waals surface area contributed by atoms with Crippen molar-refractivity contribution >= 4 is 27.4 Å². The second-order valence-corrected chi connectivity index (χ2v) is 4.63. The van der Waals surface area contributed by atoms with Gasteiger partial charge in [-0.25, -0.2) is 4.98 Å². The van der Waals surface area contributed by atoms with Gasteiger partial charge >= 0.3 is 0 Å². The molecule has 4 heteroatoms. The highest BCUT2D eigenvalue weighted by atomic mass is 32.1. The van der Waals surface area contributed by atoms with Gasteiger partial charge in [0, 0.05) is 35.1 Å². The van der Waals surface area contributed by atoms with E-state index < -0.39 is 0 Å². The van der Waals surface area contributed by atoms with Gasteiger partial charge in [0.2, 0.25) is 0 Å². The van der Waals surface area contributed by atoms with Crippen LogP contribution in [0.15, 0.2) is 35.8 Å². The largest absolute Gasteiger partial charge is 0.375 e. The molecule has 3 rings (SSSR count). The SMILES string of the molecule is Cn1ccc2c(-c3csc(N)n3)cccc21. The monoisotopic (exact) mass is 229 g/mol. The van der Waals surface area contributed by atoms with Crippen LogP contribution in [-0.4, -0.2) is 9.55 Å². The van der Waals surface area contributed by atoms with E-state index in [0.29, 0.717) is 5.13 Å². The van der Waals surface area contributed by atoms with Crippen LogP contribution < -0.4 is 5.73 Å². The average molecular weight is 229 g/mol. The Bertz CT molecular complexity index is 651. The molecule has 0 spiro atoms. The minimum absolute atomic E-state index is 0.614. The van der Waals surface area contributed by atoms with Crippen LogP contribution in [-0.2, 0) is 7.05 Å². The predicted octanol–water partition coefficient (Wildman–Crippen LogP) is 2.88. The first-order valence-electron chi connectivity index (χ1n) is 5.01. The molecule has 3 aromatic rings. The van der Waals surface area contributed by atoms with Crippen molar-refractivity contribution in [1.29, 1.82) is 0 Å². The Labute approximate surface area is 97.2 Å². The van der Waals surface area contributed by atoms with Crippen molar-refractivity contribution in [2.75, 3.05) is 5.73 Å². The summed E-state index contributed by atoms with van der Waals surface area (Å²) in [6.07, 6.45) is 2.06. The lowest BCUT2D eigenvalue weighted by Gasteiger charge is -2.00. The zero-order valence-electron chi connectivity index (χ0n) is 8.84. The van der Waals surface area contributed by atoms with Gasteiger partial charge in [-0.2, -0.15) is 0 Å². The van der Waals surface area contributed by atoms with Gasteiger partial charge in [-0.3, -0.25) is 0 Å². The number of fused-ring (bicyclic) bond motifs is 1. The molecule has 80 valence electrons. The van der Waals surface area contributed by atoms with Crippen LogP contribution in [0.25, 0.3) is 22.2 Å². The Hall–Kier alpha value is -1.81. The lowest BCUT2D eigenvalue weighted by atomic mass is 10.1. The van der Waals surface area contributed by atoms with Crippen molar-refractivity contribution in [2.24, 2.45) is 7.05 Å². The van der Waals surface area contributed by atoms with Gasteiger partial charge in [0.15, 0.2) is 5.13 Å². The van der Waals surface area contributed by atoms with Crippen LogP contribution in [0, 0.1) is 0 Å². The summed E-state index contributed by atoms with van der Waals surface area (Å²) < 4.78 is 2.11. The van der Waals surface area contributed by atoms with E-state index in [0.717, 1.165) is 11.3 Å². The Morgan fingerprint density at radius 3 is 2.94 bits per heavy atom. The Balaban J connectivity index is 2.31. The van der Waals surface area contributed by atoms with Crippen molar-refractivity contribution < 1.29 is 0 Å². The van der Waals surface area contributed by atoms with Gasteiger partial charge in [0.1, 0.15) is 0 Å². The molecule has 0 aliphatic carbocycles. The molecule has 2 aromatic heterocycles. The maximum absolute atomic E-state index is 5.67. The lowest BCUT2D eigenvalue weighted by Crippen LogP contribution is -1.86. The number of aryl methyl sites for hydroxylation is 1. The van der Waals surface area contributed by atoms with Crippen LogP contribution in [0.3, 0.4) is 0 Å². The number of hydrogen-bond acceptors (Lipinski definition) is 3. The van der Waals surface area contributed by atoms with Crippen molar-refractivity contribution in [3.8, 4) is 11.3 Å². The highest BCUT2D eigenvalue weighted by molar-refractivity contribution is 7.13. The van der Waals surface area contributed by atoms with Crippen molar-refractivity contribution in [3.05, 3.63) is 35.8 Å². The number of nitrogens with zero attached hydrogens (tertiary/aromatic N) is 2. The number of benzene rings is 1. The number of nitrogen functional groups attached to an aromatic ring is 1. The zero-order valence-corrected chi connectivity index (χ0v) is 9.66. The van der Waals surface area contributed by atoms with Gasteiger partial charge in [0.25, 0.3) is 0 Å². The minimum Gasteiger partial charge on any atom is -0.375 e. The summed E-state index contributed by atoms with van der Waals surface area (Å²) in [5.74, 6) is 0. The molecule has 0 fully saturated rings. The Kier molecular flexibility index (Phi) is 1.97. The average Bonchev–Trinajstić information content (AvgIpc) is 2.86. The van der Waals surface area contributed by atoms with Gasteiger partial charge in [-0.05, 0) is 12.1 Å². The maximum Gasteiger partial charge on any atom is 0.180 e. The molecular formula is C12H11N3S. The summed E-state index contributed by atoms with van der Waals surface area (Å²) in [4.78, 5) is 4.33. The molecule has 3 nitrogen and oxygen atoms in total. The van der Waals surface area contributed by atoms with E-state index in [-0.39, 0.29) is 0 Å². The third-order valence-corrected chi connectivity index (χ3v) is 3.40. The van der Waals surface area contributed by atoms with Gasteiger partial charge in [-0.1, -0.05) is 12.1 Å². The first-order chi connectivity index (χ1) is 7.75. The highest BCUT2D eigenvalue weighted by Crippen LogP contribution is 2.30. The molecule has 0 aliphatic rings. The molecule has 16 heavy (non-hydrogen) atoms. The molecule has 0 aliphatic heterocycles. The predicted molar refractivity (Wildman–Crippen MR) is 68.4 cm³/mol. The molecule has 0 radical (unpaired) electrons. The van der Waals surface area contributed by atoms with Crippen LogP contribution >= 0.6 is 11.3 Å². The van der Waals surface area contributed by atoms with Gasteiger partial charge in [-0.15, -0.1) is 11.3 Å². The first kappa shape index (κ1) is 9.42. The molecule has 0 atom stereocenters. The first-order valence-corrected chi connectivity index (χ1v) is 5.89. The van der Waals surface area contributed by atoms with Crippen LogP contribution in [0.1, 0.15) is 0 Å². The summed E-state index contributed by atoms with van der Waals surface area (Å²) in [7, 11) is 2.04. The number of nitrogens with two attached hydrogens (primary N) is 1. The van der Waals surface area contributed by atoms with Crippen molar-refractivity contribution in [1.82, 2.24) is 9.55 Å². The number of hydrogen-bond donors (Lipinski definition) is 1. The van der Waals surface area contributed by atoms with E-state index in [2.05, 4.69) is 33.9 Å². The molecule has 0 unspecified atom stereocenters. The fourth-order valence-corrected chi connectivity index (χ4v) is 2.50. The quantitative estimate of drug-likeness (QED) is 0.697. The Morgan fingerprint density at radius 2 is 2.19 bits per heavy atom. The molecule has 2 N–H and O–H groups in total. The van der Waals surface area contributed by atoms with E-state index in [1.807, 2.05) is 18.5 Å². The molecule has 2 heterocycles. The molecule has 0 saturated heterocycles. The van der Waals surface area contributed by atoms with Crippen LogP contribution in [0.2, 0.25) is 0 Å². The van der Waals surface area contributed by atoms with E-state index in [4.69, 9.17) is 5.73 Å². The minimum atomic E-state index is 0.614. The maximum atomic E-state index is 5.67. The molecular weight excluding hydrogens is 218 g/mol. The third kappa shape index (κ3) is 1.31. The number of aromatic nitrogens is 2. The number of rotatable bonds is 1. The molecule has 0 bridgehead atoms. The van der Waals surface area contributed by atoms with Crippen molar-refractivity contribution in [2.45, 2.75) is 0 Å². The van der Waals surface area contributed by atoms with E-state index in [1.54, 1.807) is 0 Å². The summed E-state index contributed by atoms with van der Waals surface area (Å²) in [5.41, 5.74) is 8.98. The fraction of sp³-hybridized carbons (Fsp3) is 0.0833. The highest BCUT2D eigenvalue weighted by Gasteiger charge is 2.08. The Morgan fingerprint density at radius 1 is 1.31 bits per heavy atom. The van der Waals surface area contributed by atoms with Gasteiger partial charge in [0.05, 0.1) is 5.69 Å². The van der Waals surface area contributed by atoms with E-state index in [9.17, 15) is 0 Å². The van der Waals surface area contributed by atoms with E-state index >= 15 is 0 Å². The number of anilines is 1. The number of thiazole rings is 1. The standard InChI is InChI=1S/C12H11N3S/c1-15-6-5-9-8(3-2-4-11(9)15)10-7-16-12(13)14-10/h2-7H,1H3,(H2,13,14). The summed E-state index contributed by atoms with van der Waals surface area (Å²) >= 11 is 1.47. The fourth-order valence-electron chi connectivity index (χ4n) is 1.94. The zero-order chi connectivity index (χ0) is 11.1. The summed E-state index contributed by atoms with van der Waals surface area (Å²) in [5, 5.41) is 3.83. The van der Waals surface area contributed by atoms with Crippen LogP contribution in [0.5, 0.6) is 0 Å². The van der Waals surface area contributed by atoms with Crippen molar-refractivity contribution in [3.63, 3.8) is 0 Å². The van der Waals surface area contributed by atoms with E-state index in [1.165, 1.54) is 22.2 Å². The smallest absolute Gasteiger partial charge is 0.180 e.